The first-order valence-electron chi connectivity index (χ1n) is 6.73. The Morgan fingerprint density at radius 2 is 2.05 bits per heavy atom. The second kappa shape index (κ2) is 7.04. The molecule has 0 aliphatic heterocycles. The Bertz CT molecular complexity index is 666. The van der Waals surface area contributed by atoms with Crippen molar-refractivity contribution >= 4 is 28.9 Å². The highest BCUT2D eigenvalue weighted by atomic mass is 32.1. The lowest BCUT2D eigenvalue weighted by molar-refractivity contribution is -0.117. The van der Waals surface area contributed by atoms with E-state index in [1.165, 1.54) is 5.38 Å². The molecule has 0 spiro atoms. The van der Waals surface area contributed by atoms with Gasteiger partial charge < -0.3 is 15.2 Å². The Morgan fingerprint density at radius 3 is 2.59 bits per heavy atom. The molecule has 0 radical (unpaired) electrons. The second-order valence-corrected chi connectivity index (χ2v) is 5.43. The summed E-state index contributed by atoms with van der Waals surface area (Å²) in [6.07, 6.45) is 0. The van der Waals surface area contributed by atoms with Gasteiger partial charge in [0.15, 0.2) is 5.69 Å². The zero-order valence-corrected chi connectivity index (χ0v) is 13.0. The number of carbonyl (C=O) groups excluding carboxylic acids is 1. The van der Waals surface area contributed by atoms with E-state index in [2.05, 4.69) is 10.3 Å². The maximum Gasteiger partial charge on any atom is 0.355 e. The summed E-state index contributed by atoms with van der Waals surface area (Å²) < 4.78 is 5.33. The van der Waals surface area contributed by atoms with E-state index in [-0.39, 0.29) is 11.6 Å². The third-order valence-corrected chi connectivity index (χ3v) is 3.97. The number of ether oxygens (including phenoxy) is 1. The molecule has 2 N–H and O–H groups in total. The molecule has 1 atom stereocenters. The van der Waals surface area contributed by atoms with Crippen LogP contribution in [0.1, 0.15) is 35.3 Å². The molecule has 6 nitrogen and oxygen atoms in total. The van der Waals surface area contributed by atoms with Crippen LogP contribution in [0.25, 0.3) is 0 Å². The third-order valence-electron chi connectivity index (χ3n) is 2.94. The predicted octanol–water partition coefficient (Wildman–Crippen LogP) is 2.98. The molecule has 0 saturated heterocycles. The molecule has 0 aliphatic carbocycles. The lowest BCUT2D eigenvalue weighted by atomic mass is 10.1. The Hall–Kier alpha value is -2.41. The number of nitrogens with one attached hydrogen (secondary N) is 1. The van der Waals surface area contributed by atoms with E-state index >= 15 is 0 Å². The van der Waals surface area contributed by atoms with Gasteiger partial charge in [-0.1, -0.05) is 0 Å². The molecular weight excluding hydrogens is 304 g/mol. The molecule has 0 aliphatic rings. The Morgan fingerprint density at radius 1 is 1.36 bits per heavy atom. The molecule has 0 saturated carbocycles. The van der Waals surface area contributed by atoms with Crippen LogP contribution in [0.3, 0.4) is 0 Å². The number of aromatic carboxylic acids is 1. The summed E-state index contributed by atoms with van der Waals surface area (Å²) in [6.45, 7) is 4.17. The fourth-order valence-corrected chi connectivity index (χ4v) is 2.60. The van der Waals surface area contributed by atoms with E-state index in [1.54, 1.807) is 31.2 Å². The zero-order valence-electron chi connectivity index (χ0n) is 12.2. The number of benzene rings is 1. The summed E-state index contributed by atoms with van der Waals surface area (Å²) in [7, 11) is 0. The van der Waals surface area contributed by atoms with Crippen LogP contribution in [0.5, 0.6) is 5.75 Å². The maximum absolute atomic E-state index is 12.2. The molecule has 1 aromatic heterocycles. The van der Waals surface area contributed by atoms with Gasteiger partial charge in [-0.15, -0.1) is 11.3 Å². The molecular formula is C15H16N2O4S. The molecule has 1 heterocycles. The van der Waals surface area contributed by atoms with Gasteiger partial charge in [-0.2, -0.15) is 0 Å². The highest BCUT2D eigenvalue weighted by molar-refractivity contribution is 7.10. The van der Waals surface area contributed by atoms with Gasteiger partial charge in [0.05, 0.1) is 12.5 Å². The van der Waals surface area contributed by atoms with Crippen LogP contribution in [0.15, 0.2) is 29.6 Å². The van der Waals surface area contributed by atoms with E-state index in [4.69, 9.17) is 9.84 Å². The van der Waals surface area contributed by atoms with Crippen LogP contribution >= 0.6 is 11.3 Å². The van der Waals surface area contributed by atoms with Crippen LogP contribution in [-0.2, 0) is 4.79 Å². The molecule has 1 amide bonds. The number of aromatic nitrogens is 1. The topological polar surface area (TPSA) is 88.5 Å². The first kappa shape index (κ1) is 16.0. The van der Waals surface area contributed by atoms with E-state index in [9.17, 15) is 9.59 Å². The summed E-state index contributed by atoms with van der Waals surface area (Å²) in [4.78, 5) is 26.9. The van der Waals surface area contributed by atoms with Crippen molar-refractivity contribution in [2.24, 2.45) is 0 Å². The van der Waals surface area contributed by atoms with Crippen molar-refractivity contribution in [3.8, 4) is 5.75 Å². The smallest absolute Gasteiger partial charge is 0.355 e. The van der Waals surface area contributed by atoms with E-state index in [1.807, 2.05) is 6.92 Å². The van der Waals surface area contributed by atoms with Gasteiger partial charge in [0.25, 0.3) is 0 Å². The normalized spacial score (nSPS) is 11.7. The molecule has 1 aromatic carbocycles. The molecule has 2 aromatic rings. The Balaban J connectivity index is 2.02. The quantitative estimate of drug-likeness (QED) is 0.854. The third kappa shape index (κ3) is 3.82. The predicted molar refractivity (Wildman–Crippen MR) is 83.7 cm³/mol. The van der Waals surface area contributed by atoms with Crippen molar-refractivity contribution in [2.45, 2.75) is 19.8 Å². The van der Waals surface area contributed by atoms with Gasteiger partial charge in [-0.3, -0.25) is 4.79 Å². The van der Waals surface area contributed by atoms with Gasteiger partial charge in [0.1, 0.15) is 10.8 Å². The standard InChI is InChI=1S/C15H16N2O4S/c1-3-21-11-6-4-10(5-7-11)16-13(18)9(2)14-17-12(8-22-14)15(19)20/h4-9H,3H2,1-2H3,(H,16,18)(H,19,20)/t9-/m1/s1. The second-order valence-electron chi connectivity index (χ2n) is 4.54. The summed E-state index contributed by atoms with van der Waals surface area (Å²) in [5.74, 6) is -1.12. The molecule has 0 bridgehead atoms. The number of thiazole rings is 1. The minimum Gasteiger partial charge on any atom is -0.494 e. The van der Waals surface area contributed by atoms with Gasteiger partial charge in [-0.25, -0.2) is 9.78 Å². The summed E-state index contributed by atoms with van der Waals surface area (Å²) in [6, 6.07) is 7.05. The van der Waals surface area contributed by atoms with E-state index in [0.29, 0.717) is 17.3 Å². The lowest BCUT2D eigenvalue weighted by Gasteiger charge is -2.10. The number of carboxylic acid groups (broad SMARTS) is 1. The summed E-state index contributed by atoms with van der Waals surface area (Å²) in [5.41, 5.74) is 0.607. The summed E-state index contributed by atoms with van der Waals surface area (Å²) >= 11 is 1.16. The van der Waals surface area contributed by atoms with Crippen LogP contribution in [0, 0.1) is 0 Å². The molecule has 116 valence electrons. The van der Waals surface area contributed by atoms with Crippen LogP contribution < -0.4 is 10.1 Å². The minimum atomic E-state index is -1.10. The number of carboxylic acids is 1. The van der Waals surface area contributed by atoms with Crippen molar-refractivity contribution in [1.29, 1.82) is 0 Å². The largest absolute Gasteiger partial charge is 0.494 e. The number of hydrogen-bond donors (Lipinski definition) is 2. The van der Waals surface area contributed by atoms with Gasteiger partial charge in [0.2, 0.25) is 5.91 Å². The molecule has 22 heavy (non-hydrogen) atoms. The number of anilines is 1. The SMILES string of the molecule is CCOc1ccc(NC(=O)[C@@H](C)c2nc(C(=O)O)cs2)cc1. The highest BCUT2D eigenvalue weighted by Crippen LogP contribution is 2.23. The van der Waals surface area contributed by atoms with Crippen LogP contribution in [0.4, 0.5) is 5.69 Å². The van der Waals surface area contributed by atoms with E-state index in [0.717, 1.165) is 17.1 Å². The van der Waals surface area contributed by atoms with E-state index < -0.39 is 11.9 Å². The maximum atomic E-state index is 12.2. The number of nitrogens with zero attached hydrogens (tertiary/aromatic N) is 1. The molecule has 0 unspecified atom stereocenters. The molecule has 2 rings (SSSR count). The van der Waals surface area contributed by atoms with Gasteiger partial charge in [0, 0.05) is 11.1 Å². The Labute approximate surface area is 131 Å². The van der Waals surface area contributed by atoms with Crippen LogP contribution in [-0.4, -0.2) is 28.6 Å². The first-order valence-corrected chi connectivity index (χ1v) is 7.61. The van der Waals surface area contributed by atoms with Crippen LogP contribution in [0.2, 0.25) is 0 Å². The zero-order chi connectivity index (χ0) is 16.1. The number of carbonyl (C=O) groups is 2. The van der Waals surface area contributed by atoms with Crippen molar-refractivity contribution in [2.75, 3.05) is 11.9 Å². The van der Waals surface area contributed by atoms with Gasteiger partial charge >= 0.3 is 5.97 Å². The fraction of sp³-hybridized carbons (Fsp3) is 0.267. The lowest BCUT2D eigenvalue weighted by Crippen LogP contribution is -2.18. The van der Waals surface area contributed by atoms with Crippen molar-refractivity contribution < 1.29 is 19.4 Å². The van der Waals surface area contributed by atoms with Crippen molar-refractivity contribution in [3.05, 3.63) is 40.3 Å². The molecule has 0 fully saturated rings. The fourth-order valence-electron chi connectivity index (χ4n) is 1.75. The minimum absolute atomic E-state index is 0.0410. The Kier molecular flexibility index (Phi) is 5.11. The summed E-state index contributed by atoms with van der Waals surface area (Å²) in [5, 5.41) is 13.5. The van der Waals surface area contributed by atoms with Gasteiger partial charge in [-0.05, 0) is 38.1 Å². The monoisotopic (exact) mass is 320 g/mol. The number of hydrogen-bond acceptors (Lipinski definition) is 5. The number of amides is 1. The first-order chi connectivity index (χ1) is 10.5. The number of rotatable bonds is 6. The van der Waals surface area contributed by atoms with Crippen molar-refractivity contribution in [3.63, 3.8) is 0 Å². The average Bonchev–Trinajstić information content (AvgIpc) is 2.99. The van der Waals surface area contributed by atoms with Crippen molar-refractivity contribution in [1.82, 2.24) is 4.98 Å². The molecule has 7 heteroatoms. The average molecular weight is 320 g/mol. The highest BCUT2D eigenvalue weighted by Gasteiger charge is 2.20.